The van der Waals surface area contributed by atoms with E-state index in [9.17, 15) is 4.79 Å². The predicted molar refractivity (Wildman–Crippen MR) is 63.6 cm³/mol. The Morgan fingerprint density at radius 2 is 1.65 bits per heavy atom. The topological polar surface area (TPSA) is 67.9 Å². The van der Waals surface area contributed by atoms with Crippen LogP contribution < -0.4 is 0 Å². The first-order valence-electron chi connectivity index (χ1n) is 6.29. The van der Waals surface area contributed by atoms with Crippen molar-refractivity contribution in [3.05, 3.63) is 0 Å². The zero-order valence-corrected chi connectivity index (χ0v) is 10.2. The summed E-state index contributed by atoms with van der Waals surface area (Å²) in [6.45, 7) is 0.924. The molecule has 0 radical (unpaired) electrons. The molecule has 0 N–H and O–H groups in total. The highest BCUT2D eigenvalue weighted by Crippen LogP contribution is 2.28. The highest BCUT2D eigenvalue weighted by molar-refractivity contribution is 5.76. The molecule has 0 aromatic heterocycles. The van der Waals surface area contributed by atoms with Crippen molar-refractivity contribution in [2.75, 3.05) is 13.1 Å². The lowest BCUT2D eigenvalue weighted by molar-refractivity contribution is -0.132. The minimum absolute atomic E-state index is 0.113. The van der Waals surface area contributed by atoms with Gasteiger partial charge in [-0.1, -0.05) is 12.8 Å². The number of amides is 1. The van der Waals surface area contributed by atoms with Gasteiger partial charge in [0.25, 0.3) is 0 Å². The fourth-order valence-corrected chi connectivity index (χ4v) is 2.32. The average Bonchev–Trinajstić information content (AvgIpc) is 2.82. The van der Waals surface area contributed by atoms with E-state index in [1.165, 1.54) is 12.8 Å². The first kappa shape index (κ1) is 13.5. The second-order valence-corrected chi connectivity index (χ2v) is 4.55. The van der Waals surface area contributed by atoms with Gasteiger partial charge in [0.15, 0.2) is 0 Å². The minimum atomic E-state index is 0.113. The molecule has 1 fully saturated rings. The molecule has 1 saturated carbocycles. The monoisotopic (exact) mass is 233 g/mol. The molecule has 4 nitrogen and oxygen atoms in total. The highest BCUT2D eigenvalue weighted by Gasteiger charge is 2.21. The smallest absolute Gasteiger partial charge is 0.222 e. The number of carbonyl (C=O) groups excluding carboxylic acids is 1. The molecule has 4 heteroatoms. The van der Waals surface area contributed by atoms with Crippen LogP contribution in [0.25, 0.3) is 0 Å². The van der Waals surface area contributed by atoms with Gasteiger partial charge in [0.1, 0.15) is 0 Å². The molecule has 0 unspecified atom stereocenters. The maximum atomic E-state index is 12.0. The van der Waals surface area contributed by atoms with Crippen molar-refractivity contribution in [3.8, 4) is 12.1 Å². The quantitative estimate of drug-likeness (QED) is 0.706. The molecule has 0 atom stereocenters. The predicted octanol–water partition coefficient (Wildman–Crippen LogP) is 2.22. The molecule has 17 heavy (non-hydrogen) atoms. The summed E-state index contributed by atoms with van der Waals surface area (Å²) in [4.78, 5) is 13.7. The molecule has 0 aromatic rings. The van der Waals surface area contributed by atoms with Crippen molar-refractivity contribution < 1.29 is 4.79 Å². The van der Waals surface area contributed by atoms with Crippen LogP contribution in [0.3, 0.4) is 0 Å². The van der Waals surface area contributed by atoms with Crippen molar-refractivity contribution in [1.29, 1.82) is 10.5 Å². The minimum Gasteiger partial charge on any atom is -0.341 e. The molecular formula is C13H19N3O. The van der Waals surface area contributed by atoms with Gasteiger partial charge in [-0.05, 0) is 18.8 Å². The van der Waals surface area contributed by atoms with Gasteiger partial charge in [-0.25, -0.2) is 0 Å². The van der Waals surface area contributed by atoms with Gasteiger partial charge in [-0.2, -0.15) is 10.5 Å². The standard InChI is InChI=1S/C13H19N3O/c14-7-3-9-16(10-4-8-15)13(17)11-12-5-1-2-6-12/h12H,1-6,9-11H2. The van der Waals surface area contributed by atoms with E-state index in [2.05, 4.69) is 0 Å². The Bertz CT molecular complexity index is 303. The fourth-order valence-electron chi connectivity index (χ4n) is 2.32. The Hall–Kier alpha value is -1.55. The summed E-state index contributed by atoms with van der Waals surface area (Å²) in [6, 6.07) is 4.09. The van der Waals surface area contributed by atoms with Crippen molar-refractivity contribution in [2.24, 2.45) is 5.92 Å². The molecule has 0 heterocycles. The molecule has 1 aliphatic carbocycles. The zero-order chi connectivity index (χ0) is 12.5. The van der Waals surface area contributed by atoms with Crippen LogP contribution >= 0.6 is 0 Å². The van der Waals surface area contributed by atoms with Crippen molar-refractivity contribution in [2.45, 2.75) is 44.9 Å². The Kier molecular flexibility index (Phi) is 6.10. The third-order valence-electron chi connectivity index (χ3n) is 3.28. The first-order chi connectivity index (χ1) is 8.27. The van der Waals surface area contributed by atoms with Crippen LogP contribution in [0.1, 0.15) is 44.9 Å². The van der Waals surface area contributed by atoms with Gasteiger partial charge in [0.05, 0.1) is 25.0 Å². The van der Waals surface area contributed by atoms with E-state index in [-0.39, 0.29) is 5.91 Å². The van der Waals surface area contributed by atoms with Gasteiger partial charge in [-0.3, -0.25) is 4.79 Å². The molecule has 0 aromatic carbocycles. The lowest BCUT2D eigenvalue weighted by atomic mass is 10.0. The summed E-state index contributed by atoms with van der Waals surface area (Å²) in [5.41, 5.74) is 0. The van der Waals surface area contributed by atoms with Gasteiger partial charge in [0, 0.05) is 19.5 Å². The number of carbonyl (C=O) groups is 1. The summed E-state index contributed by atoms with van der Waals surface area (Å²) in [5, 5.41) is 17.1. The third kappa shape index (κ3) is 4.87. The van der Waals surface area contributed by atoms with Crippen molar-refractivity contribution in [1.82, 2.24) is 4.90 Å². The molecule has 92 valence electrons. The second-order valence-electron chi connectivity index (χ2n) is 4.55. The number of hydrogen-bond donors (Lipinski definition) is 0. The normalized spacial score (nSPS) is 15.2. The molecule has 1 rings (SSSR count). The van der Waals surface area contributed by atoms with E-state index in [1.54, 1.807) is 4.90 Å². The number of rotatable bonds is 6. The van der Waals surface area contributed by atoms with E-state index in [0.29, 0.717) is 38.3 Å². The Morgan fingerprint density at radius 3 is 2.12 bits per heavy atom. The molecule has 1 aliphatic rings. The molecule has 0 saturated heterocycles. The van der Waals surface area contributed by atoms with E-state index in [4.69, 9.17) is 10.5 Å². The van der Waals surface area contributed by atoms with Crippen LogP contribution in [-0.4, -0.2) is 23.9 Å². The van der Waals surface area contributed by atoms with E-state index in [0.717, 1.165) is 12.8 Å². The van der Waals surface area contributed by atoms with Crippen LogP contribution in [0.2, 0.25) is 0 Å². The molecule has 0 aliphatic heterocycles. The van der Waals surface area contributed by atoms with Gasteiger partial charge >= 0.3 is 0 Å². The average molecular weight is 233 g/mol. The molecular weight excluding hydrogens is 214 g/mol. The van der Waals surface area contributed by atoms with Crippen LogP contribution in [0.4, 0.5) is 0 Å². The lowest BCUT2D eigenvalue weighted by Gasteiger charge is -2.22. The van der Waals surface area contributed by atoms with Crippen LogP contribution in [0.15, 0.2) is 0 Å². The van der Waals surface area contributed by atoms with Crippen LogP contribution in [-0.2, 0) is 4.79 Å². The zero-order valence-electron chi connectivity index (χ0n) is 10.2. The summed E-state index contributed by atoms with van der Waals surface area (Å²) in [6.07, 6.45) is 6.05. The SMILES string of the molecule is N#CCCN(CCC#N)C(=O)CC1CCCC1. The summed E-state index contributed by atoms with van der Waals surface area (Å²) in [5.74, 6) is 0.636. The van der Waals surface area contributed by atoms with E-state index >= 15 is 0 Å². The molecule has 1 amide bonds. The molecule has 0 spiro atoms. The number of nitrogens with zero attached hydrogens (tertiary/aromatic N) is 3. The van der Waals surface area contributed by atoms with E-state index in [1.807, 2.05) is 12.1 Å². The van der Waals surface area contributed by atoms with E-state index < -0.39 is 0 Å². The highest BCUT2D eigenvalue weighted by atomic mass is 16.2. The second kappa shape index (κ2) is 7.68. The summed E-state index contributed by atoms with van der Waals surface area (Å²) >= 11 is 0. The maximum Gasteiger partial charge on any atom is 0.222 e. The molecule has 0 bridgehead atoms. The Morgan fingerprint density at radius 1 is 1.12 bits per heavy atom. The van der Waals surface area contributed by atoms with Gasteiger partial charge in [-0.15, -0.1) is 0 Å². The number of hydrogen-bond acceptors (Lipinski definition) is 3. The maximum absolute atomic E-state index is 12.0. The fraction of sp³-hybridized carbons (Fsp3) is 0.769. The van der Waals surface area contributed by atoms with Crippen LogP contribution in [0, 0.1) is 28.6 Å². The lowest BCUT2D eigenvalue weighted by Crippen LogP contribution is -2.33. The Labute approximate surface area is 103 Å². The largest absolute Gasteiger partial charge is 0.341 e. The Balaban J connectivity index is 2.40. The summed E-state index contributed by atoms with van der Waals surface area (Å²) < 4.78 is 0. The third-order valence-corrected chi connectivity index (χ3v) is 3.28. The van der Waals surface area contributed by atoms with Gasteiger partial charge < -0.3 is 4.90 Å². The summed E-state index contributed by atoms with van der Waals surface area (Å²) in [7, 11) is 0. The number of nitriles is 2. The first-order valence-corrected chi connectivity index (χ1v) is 6.29. The van der Waals surface area contributed by atoms with Crippen molar-refractivity contribution >= 4 is 5.91 Å². The van der Waals surface area contributed by atoms with Crippen molar-refractivity contribution in [3.63, 3.8) is 0 Å². The van der Waals surface area contributed by atoms with Gasteiger partial charge in [0.2, 0.25) is 5.91 Å². The van der Waals surface area contributed by atoms with Crippen LogP contribution in [0.5, 0.6) is 0 Å².